The first-order valence-electron chi connectivity index (χ1n) is 4.16. The predicted octanol–water partition coefficient (Wildman–Crippen LogP) is 1.94. The van der Waals surface area contributed by atoms with Gasteiger partial charge in [-0.05, 0) is 12.8 Å². The summed E-state index contributed by atoms with van der Waals surface area (Å²) in [7, 11) is 0. The van der Waals surface area contributed by atoms with Crippen molar-refractivity contribution in [2.24, 2.45) is 0 Å². The average Bonchev–Trinajstić information content (AvgIpc) is 2.41. The highest BCUT2D eigenvalue weighted by atomic mass is 16.7. The van der Waals surface area contributed by atoms with Gasteiger partial charge in [0.2, 0.25) is 0 Å². The summed E-state index contributed by atoms with van der Waals surface area (Å²) < 4.78 is 10.7. The zero-order valence-corrected chi connectivity index (χ0v) is 6.64. The van der Waals surface area contributed by atoms with Crippen LogP contribution in [0.5, 0.6) is 0 Å². The second-order valence-corrected chi connectivity index (χ2v) is 2.67. The zero-order valence-electron chi connectivity index (χ0n) is 6.64. The minimum absolute atomic E-state index is 0.117. The molecule has 1 saturated heterocycles. The van der Waals surface area contributed by atoms with Crippen LogP contribution in [0.15, 0.2) is 0 Å². The summed E-state index contributed by atoms with van der Waals surface area (Å²) in [6.07, 6.45) is 4.72. The summed E-state index contributed by atoms with van der Waals surface area (Å²) in [5, 5.41) is 0. The summed E-state index contributed by atoms with van der Waals surface area (Å²) >= 11 is 0. The Bertz CT molecular complexity index is 77.3. The SMILES string of the molecule is CCCCO[C@H]1CCCO1. The van der Waals surface area contributed by atoms with Crippen LogP contribution in [0.25, 0.3) is 0 Å². The topological polar surface area (TPSA) is 18.5 Å². The average molecular weight is 144 g/mol. The smallest absolute Gasteiger partial charge is 0.157 e. The molecular weight excluding hydrogens is 128 g/mol. The lowest BCUT2D eigenvalue weighted by Crippen LogP contribution is -2.10. The van der Waals surface area contributed by atoms with Crippen LogP contribution in [0, 0.1) is 0 Å². The van der Waals surface area contributed by atoms with Gasteiger partial charge in [-0.2, -0.15) is 0 Å². The number of hydrogen-bond donors (Lipinski definition) is 0. The maximum absolute atomic E-state index is 5.42. The summed E-state index contributed by atoms with van der Waals surface area (Å²) in [5.41, 5.74) is 0. The summed E-state index contributed by atoms with van der Waals surface area (Å²) in [4.78, 5) is 0. The van der Waals surface area contributed by atoms with Crippen molar-refractivity contribution in [3.63, 3.8) is 0 Å². The highest BCUT2D eigenvalue weighted by Gasteiger charge is 2.14. The molecule has 1 aliphatic heterocycles. The lowest BCUT2D eigenvalue weighted by atomic mass is 10.3. The number of rotatable bonds is 4. The molecule has 0 spiro atoms. The van der Waals surface area contributed by atoms with Gasteiger partial charge in [-0.1, -0.05) is 13.3 Å². The molecule has 0 bridgehead atoms. The normalized spacial score (nSPS) is 25.5. The van der Waals surface area contributed by atoms with Gasteiger partial charge >= 0.3 is 0 Å². The van der Waals surface area contributed by atoms with Crippen molar-refractivity contribution < 1.29 is 9.47 Å². The molecule has 0 aliphatic carbocycles. The molecule has 60 valence electrons. The Morgan fingerprint density at radius 3 is 3.10 bits per heavy atom. The second-order valence-electron chi connectivity index (χ2n) is 2.67. The minimum atomic E-state index is 0.117. The van der Waals surface area contributed by atoms with E-state index in [1.165, 1.54) is 6.42 Å². The van der Waals surface area contributed by atoms with E-state index in [0.717, 1.165) is 32.5 Å². The maximum Gasteiger partial charge on any atom is 0.157 e. The highest BCUT2D eigenvalue weighted by molar-refractivity contribution is 4.53. The molecule has 0 N–H and O–H groups in total. The molecule has 0 unspecified atom stereocenters. The molecule has 0 amide bonds. The van der Waals surface area contributed by atoms with Crippen LogP contribution in [0.2, 0.25) is 0 Å². The highest BCUT2D eigenvalue weighted by Crippen LogP contribution is 2.13. The lowest BCUT2D eigenvalue weighted by Gasteiger charge is -2.09. The molecular formula is C8H16O2. The van der Waals surface area contributed by atoms with E-state index in [1.807, 2.05) is 0 Å². The van der Waals surface area contributed by atoms with Gasteiger partial charge in [0.25, 0.3) is 0 Å². The quantitative estimate of drug-likeness (QED) is 0.561. The molecule has 10 heavy (non-hydrogen) atoms. The van der Waals surface area contributed by atoms with Crippen LogP contribution >= 0.6 is 0 Å². The summed E-state index contributed by atoms with van der Waals surface area (Å²) in [6, 6.07) is 0. The van der Waals surface area contributed by atoms with E-state index in [1.54, 1.807) is 0 Å². The van der Waals surface area contributed by atoms with E-state index in [2.05, 4.69) is 6.92 Å². The van der Waals surface area contributed by atoms with Crippen LogP contribution in [-0.2, 0) is 9.47 Å². The Morgan fingerprint density at radius 2 is 2.50 bits per heavy atom. The molecule has 0 radical (unpaired) electrons. The molecule has 1 rings (SSSR count). The van der Waals surface area contributed by atoms with Crippen LogP contribution in [0.1, 0.15) is 32.6 Å². The standard InChI is InChI=1S/C8H16O2/c1-2-3-6-9-8-5-4-7-10-8/h8H,2-7H2,1H3/t8-/m1/s1. The Balaban J connectivity index is 1.91. The van der Waals surface area contributed by atoms with Gasteiger partial charge < -0.3 is 9.47 Å². The molecule has 0 saturated carbocycles. The van der Waals surface area contributed by atoms with Gasteiger partial charge in [0.15, 0.2) is 6.29 Å². The van der Waals surface area contributed by atoms with E-state index in [-0.39, 0.29) is 6.29 Å². The van der Waals surface area contributed by atoms with Crippen LogP contribution in [0.3, 0.4) is 0 Å². The van der Waals surface area contributed by atoms with E-state index >= 15 is 0 Å². The van der Waals surface area contributed by atoms with Gasteiger partial charge in [0, 0.05) is 19.6 Å². The lowest BCUT2D eigenvalue weighted by molar-refractivity contribution is -0.111. The third-order valence-corrected chi connectivity index (χ3v) is 1.69. The monoisotopic (exact) mass is 144 g/mol. The second kappa shape index (κ2) is 4.69. The first kappa shape index (κ1) is 8.02. The van der Waals surface area contributed by atoms with Crippen LogP contribution < -0.4 is 0 Å². The Morgan fingerprint density at radius 1 is 1.60 bits per heavy atom. The molecule has 0 aromatic carbocycles. The minimum Gasteiger partial charge on any atom is -0.353 e. The van der Waals surface area contributed by atoms with Gasteiger partial charge in [0.05, 0.1) is 0 Å². The van der Waals surface area contributed by atoms with Crippen molar-refractivity contribution in [2.45, 2.75) is 38.9 Å². The van der Waals surface area contributed by atoms with E-state index in [9.17, 15) is 0 Å². The maximum atomic E-state index is 5.42. The van der Waals surface area contributed by atoms with Gasteiger partial charge in [-0.25, -0.2) is 0 Å². The fourth-order valence-corrected chi connectivity index (χ4v) is 1.04. The molecule has 2 nitrogen and oxygen atoms in total. The van der Waals surface area contributed by atoms with Crippen molar-refractivity contribution >= 4 is 0 Å². The van der Waals surface area contributed by atoms with Crippen molar-refractivity contribution in [3.05, 3.63) is 0 Å². The molecule has 1 atom stereocenters. The Hall–Kier alpha value is -0.0800. The summed E-state index contributed by atoms with van der Waals surface area (Å²) in [6.45, 7) is 3.91. The van der Waals surface area contributed by atoms with Crippen LogP contribution in [-0.4, -0.2) is 19.5 Å². The van der Waals surface area contributed by atoms with Crippen molar-refractivity contribution in [3.8, 4) is 0 Å². The van der Waals surface area contributed by atoms with Gasteiger partial charge in [-0.15, -0.1) is 0 Å². The fourth-order valence-electron chi connectivity index (χ4n) is 1.04. The zero-order chi connectivity index (χ0) is 7.23. The van der Waals surface area contributed by atoms with Gasteiger partial charge in [-0.3, -0.25) is 0 Å². The predicted molar refractivity (Wildman–Crippen MR) is 39.8 cm³/mol. The van der Waals surface area contributed by atoms with E-state index in [0.29, 0.717) is 0 Å². The fraction of sp³-hybridized carbons (Fsp3) is 1.00. The van der Waals surface area contributed by atoms with E-state index < -0.39 is 0 Å². The molecule has 1 aliphatic rings. The van der Waals surface area contributed by atoms with Crippen molar-refractivity contribution in [1.29, 1.82) is 0 Å². The number of unbranched alkanes of at least 4 members (excludes halogenated alkanes) is 1. The molecule has 0 aromatic heterocycles. The molecule has 0 aromatic rings. The number of hydrogen-bond acceptors (Lipinski definition) is 2. The Kier molecular flexibility index (Phi) is 3.76. The van der Waals surface area contributed by atoms with Crippen molar-refractivity contribution in [1.82, 2.24) is 0 Å². The third-order valence-electron chi connectivity index (χ3n) is 1.69. The van der Waals surface area contributed by atoms with E-state index in [4.69, 9.17) is 9.47 Å². The summed E-state index contributed by atoms with van der Waals surface area (Å²) in [5.74, 6) is 0. The first-order valence-corrected chi connectivity index (χ1v) is 4.16. The molecule has 1 fully saturated rings. The molecule has 2 heteroatoms. The largest absolute Gasteiger partial charge is 0.353 e. The number of ether oxygens (including phenoxy) is 2. The third kappa shape index (κ3) is 2.67. The van der Waals surface area contributed by atoms with Crippen molar-refractivity contribution in [2.75, 3.05) is 13.2 Å². The van der Waals surface area contributed by atoms with Gasteiger partial charge in [0.1, 0.15) is 0 Å². The van der Waals surface area contributed by atoms with Crippen LogP contribution in [0.4, 0.5) is 0 Å². The first-order chi connectivity index (χ1) is 4.93. The Labute approximate surface area is 62.5 Å². The molecule has 1 heterocycles.